The highest BCUT2D eigenvalue weighted by Gasteiger charge is 2.38. The average Bonchev–Trinajstić information content (AvgIpc) is 2.79. The van der Waals surface area contributed by atoms with Crippen molar-refractivity contribution in [3.8, 4) is 5.69 Å². The molecule has 95 valence electrons. The molecule has 0 saturated heterocycles. The molecule has 0 aliphatic heterocycles. The van der Waals surface area contributed by atoms with Gasteiger partial charge in [-0.3, -0.25) is 4.57 Å². The van der Waals surface area contributed by atoms with Crippen LogP contribution in [0.15, 0.2) is 42.6 Å². The molecule has 0 amide bonds. The fraction of sp³-hybridized carbons (Fsp3) is 0.0769. The van der Waals surface area contributed by atoms with Gasteiger partial charge in [0.05, 0.1) is 5.52 Å². The summed E-state index contributed by atoms with van der Waals surface area (Å²) in [6, 6.07) is 12.2. The first-order valence-corrected chi connectivity index (χ1v) is 5.44. The Kier molecular flexibility index (Phi) is 2.51. The minimum Gasteiger partial charge on any atom is -0.287 e. The smallest absolute Gasteiger partial charge is 0.287 e. The second-order valence-corrected chi connectivity index (χ2v) is 3.88. The van der Waals surface area contributed by atoms with Crippen LogP contribution in [0.4, 0.5) is 13.2 Å². The molecule has 0 spiro atoms. The van der Waals surface area contributed by atoms with Gasteiger partial charge in [-0.15, -0.1) is 0 Å². The van der Waals surface area contributed by atoms with Gasteiger partial charge in [-0.05, 0) is 30.3 Å². The van der Waals surface area contributed by atoms with E-state index in [0.717, 1.165) is 4.57 Å². The number of hydrogen-bond acceptors (Lipinski definition) is 2. The highest BCUT2D eigenvalue weighted by atomic mass is 19.4. The molecule has 3 rings (SSSR count). The number of nitrogens with zero attached hydrogens (tertiary/aromatic N) is 3. The molecule has 6 heteroatoms. The van der Waals surface area contributed by atoms with E-state index in [9.17, 15) is 13.2 Å². The van der Waals surface area contributed by atoms with E-state index in [-0.39, 0.29) is 5.65 Å². The molecule has 3 aromatic rings. The van der Waals surface area contributed by atoms with Gasteiger partial charge in [0.1, 0.15) is 0 Å². The summed E-state index contributed by atoms with van der Waals surface area (Å²) < 4.78 is 40.2. The zero-order chi connectivity index (χ0) is 13.5. The summed E-state index contributed by atoms with van der Waals surface area (Å²) >= 11 is 0. The zero-order valence-corrected chi connectivity index (χ0v) is 9.52. The van der Waals surface area contributed by atoms with Crippen molar-refractivity contribution in [3.63, 3.8) is 0 Å². The molecular formula is C13H7F3N3. The fourth-order valence-corrected chi connectivity index (χ4v) is 1.89. The third kappa shape index (κ3) is 1.95. The zero-order valence-electron chi connectivity index (χ0n) is 9.52. The van der Waals surface area contributed by atoms with E-state index < -0.39 is 12.0 Å². The third-order valence-corrected chi connectivity index (χ3v) is 2.63. The van der Waals surface area contributed by atoms with Crippen LogP contribution in [0.5, 0.6) is 0 Å². The maximum absolute atomic E-state index is 13.1. The Morgan fingerprint density at radius 1 is 1.16 bits per heavy atom. The standard InChI is InChI=1S/C13H7F3N3/c14-13(15,16)12-18-11-10(7-4-8-17-11)19(12)9-5-2-1-3-6-9/h1-2,4-8H. The lowest BCUT2D eigenvalue weighted by atomic mass is 10.3. The van der Waals surface area contributed by atoms with Crippen molar-refractivity contribution in [1.29, 1.82) is 0 Å². The number of hydrogen-bond donors (Lipinski definition) is 0. The van der Waals surface area contributed by atoms with Gasteiger partial charge in [-0.25, -0.2) is 9.97 Å². The molecule has 1 radical (unpaired) electrons. The van der Waals surface area contributed by atoms with Crippen LogP contribution in [0.25, 0.3) is 16.9 Å². The van der Waals surface area contributed by atoms with E-state index in [4.69, 9.17) is 0 Å². The molecule has 0 bridgehead atoms. The predicted molar refractivity (Wildman–Crippen MR) is 62.7 cm³/mol. The van der Waals surface area contributed by atoms with Gasteiger partial charge in [0, 0.05) is 11.9 Å². The van der Waals surface area contributed by atoms with E-state index in [1.165, 1.54) is 12.3 Å². The lowest BCUT2D eigenvalue weighted by Gasteiger charge is -2.10. The molecule has 0 unspecified atom stereocenters. The molecule has 0 aliphatic rings. The molecule has 2 aromatic heterocycles. The number of aromatic nitrogens is 3. The summed E-state index contributed by atoms with van der Waals surface area (Å²) in [6.45, 7) is 0. The van der Waals surface area contributed by atoms with Gasteiger partial charge in [0.15, 0.2) is 5.65 Å². The van der Waals surface area contributed by atoms with Crippen molar-refractivity contribution in [3.05, 3.63) is 54.5 Å². The summed E-state index contributed by atoms with van der Waals surface area (Å²) in [5, 5.41) is 0. The number of alkyl halides is 3. The molecule has 0 N–H and O–H groups in total. The van der Waals surface area contributed by atoms with Gasteiger partial charge in [0.2, 0.25) is 5.82 Å². The quantitative estimate of drug-likeness (QED) is 0.674. The number of benzene rings is 1. The summed E-state index contributed by atoms with van der Waals surface area (Å²) in [4.78, 5) is 7.43. The summed E-state index contributed by atoms with van der Waals surface area (Å²) in [7, 11) is 0. The van der Waals surface area contributed by atoms with Crippen LogP contribution >= 0.6 is 0 Å². The monoisotopic (exact) mass is 262 g/mol. The molecule has 0 atom stereocenters. The van der Waals surface area contributed by atoms with E-state index >= 15 is 0 Å². The van der Waals surface area contributed by atoms with Crippen LogP contribution in [0.2, 0.25) is 0 Å². The molecule has 1 aromatic carbocycles. The summed E-state index contributed by atoms with van der Waals surface area (Å²) in [5.41, 5.74) is 0.735. The van der Waals surface area contributed by atoms with Gasteiger partial charge in [0.25, 0.3) is 0 Å². The first-order chi connectivity index (χ1) is 9.07. The number of fused-ring (bicyclic) bond motifs is 1. The Hall–Kier alpha value is -2.37. The van der Waals surface area contributed by atoms with E-state index in [0.29, 0.717) is 11.2 Å². The van der Waals surface area contributed by atoms with Gasteiger partial charge in [-0.2, -0.15) is 13.2 Å². The van der Waals surface area contributed by atoms with Crippen LogP contribution in [-0.2, 0) is 6.18 Å². The maximum atomic E-state index is 13.1. The van der Waals surface area contributed by atoms with Crippen molar-refractivity contribution < 1.29 is 13.2 Å². The van der Waals surface area contributed by atoms with Crippen molar-refractivity contribution in [2.75, 3.05) is 0 Å². The molecule has 3 nitrogen and oxygen atoms in total. The maximum Gasteiger partial charge on any atom is 0.450 e. The molecule has 0 fully saturated rings. The van der Waals surface area contributed by atoms with E-state index in [1.807, 2.05) is 0 Å². The molecule has 0 saturated carbocycles. The fourth-order valence-electron chi connectivity index (χ4n) is 1.89. The number of rotatable bonds is 1. The van der Waals surface area contributed by atoms with Crippen molar-refractivity contribution >= 4 is 11.2 Å². The van der Waals surface area contributed by atoms with Crippen LogP contribution < -0.4 is 0 Å². The highest BCUT2D eigenvalue weighted by Crippen LogP contribution is 2.32. The highest BCUT2D eigenvalue weighted by molar-refractivity contribution is 5.74. The SMILES string of the molecule is FC(F)(F)c1nc2ncccc2n1-c1c[c]ccc1. The number of pyridine rings is 1. The first-order valence-electron chi connectivity index (χ1n) is 5.44. The lowest BCUT2D eigenvalue weighted by Crippen LogP contribution is -2.13. The molecule has 0 aliphatic carbocycles. The Bertz CT molecular complexity index is 717. The van der Waals surface area contributed by atoms with Gasteiger partial charge < -0.3 is 0 Å². The third-order valence-electron chi connectivity index (χ3n) is 2.63. The summed E-state index contributed by atoms with van der Waals surface area (Å²) in [6.07, 6.45) is -3.13. The average molecular weight is 262 g/mol. The van der Waals surface area contributed by atoms with Crippen LogP contribution in [-0.4, -0.2) is 14.5 Å². The number of imidazole rings is 1. The minimum atomic E-state index is -4.55. The Morgan fingerprint density at radius 2 is 2.00 bits per heavy atom. The molecule has 19 heavy (non-hydrogen) atoms. The van der Waals surface area contributed by atoms with Crippen molar-refractivity contribution in [2.45, 2.75) is 6.18 Å². The normalized spacial score (nSPS) is 11.9. The predicted octanol–water partition coefficient (Wildman–Crippen LogP) is 3.24. The van der Waals surface area contributed by atoms with Crippen molar-refractivity contribution in [1.82, 2.24) is 14.5 Å². The van der Waals surface area contributed by atoms with Gasteiger partial charge in [-0.1, -0.05) is 12.1 Å². The molecule has 2 heterocycles. The second-order valence-electron chi connectivity index (χ2n) is 3.88. The molecular weight excluding hydrogens is 255 g/mol. The second kappa shape index (κ2) is 4.08. The van der Waals surface area contributed by atoms with Crippen LogP contribution in [0.1, 0.15) is 5.82 Å². The van der Waals surface area contributed by atoms with E-state index in [1.54, 1.807) is 30.3 Å². The van der Waals surface area contributed by atoms with Crippen molar-refractivity contribution in [2.24, 2.45) is 0 Å². The Labute approximate surface area is 106 Å². The van der Waals surface area contributed by atoms with Crippen LogP contribution in [0, 0.1) is 6.07 Å². The van der Waals surface area contributed by atoms with E-state index in [2.05, 4.69) is 16.0 Å². The minimum absolute atomic E-state index is 0.0682. The summed E-state index contributed by atoms with van der Waals surface area (Å²) in [5.74, 6) is -0.985. The number of halogens is 3. The van der Waals surface area contributed by atoms with Crippen LogP contribution in [0.3, 0.4) is 0 Å². The van der Waals surface area contributed by atoms with Gasteiger partial charge >= 0.3 is 6.18 Å². The Balaban J connectivity index is 2.38. The Morgan fingerprint density at radius 3 is 2.68 bits per heavy atom. The lowest BCUT2D eigenvalue weighted by molar-refractivity contribution is -0.145. The topological polar surface area (TPSA) is 30.7 Å². The first kappa shape index (κ1) is 11.7. The largest absolute Gasteiger partial charge is 0.450 e.